The summed E-state index contributed by atoms with van der Waals surface area (Å²) in [7, 11) is 0. The standard InChI is InChI=1S/C21H29N5O.C2HF3O2/c1-14-11-17(25-10-8-18(13-25)26-9-4-5-16(26)3)6-7-19(14)22-21(27)20-12-15(2)23-24-20;3-2(4,5)1(6)7/h6-7,11-12,16,18H,4-5,8-10,13H2,1-3H3,(H,22,27)(H,23,24);(H,6,7). The van der Waals surface area contributed by atoms with E-state index in [1.54, 1.807) is 6.07 Å². The number of carbonyl (C=O) groups excluding carboxylic acids is 1. The third-order valence-corrected chi connectivity index (χ3v) is 6.24. The average Bonchev–Trinajstić information content (AvgIpc) is 3.50. The number of hydrogen-bond acceptors (Lipinski definition) is 5. The highest BCUT2D eigenvalue weighted by atomic mass is 19.4. The van der Waals surface area contributed by atoms with Crippen LogP contribution in [0.1, 0.15) is 47.9 Å². The van der Waals surface area contributed by atoms with Gasteiger partial charge in [0.2, 0.25) is 0 Å². The zero-order valence-electron chi connectivity index (χ0n) is 19.4. The molecule has 2 atom stereocenters. The lowest BCUT2D eigenvalue weighted by molar-refractivity contribution is -0.192. The maximum atomic E-state index is 12.3. The second-order valence-corrected chi connectivity index (χ2v) is 8.81. The molecule has 1 amide bonds. The number of aliphatic carboxylic acids is 1. The topological polar surface area (TPSA) is 102 Å². The van der Waals surface area contributed by atoms with Crippen LogP contribution in [0, 0.1) is 13.8 Å². The highest BCUT2D eigenvalue weighted by Gasteiger charge is 2.38. The van der Waals surface area contributed by atoms with E-state index < -0.39 is 12.1 Å². The Labute approximate surface area is 196 Å². The number of H-pyrrole nitrogens is 1. The summed E-state index contributed by atoms with van der Waals surface area (Å²) >= 11 is 0. The third-order valence-electron chi connectivity index (χ3n) is 6.24. The van der Waals surface area contributed by atoms with Gasteiger partial charge in [0.1, 0.15) is 0 Å². The van der Waals surface area contributed by atoms with Crippen LogP contribution in [-0.4, -0.2) is 70.0 Å². The number of carboxylic acid groups (broad SMARTS) is 1. The lowest BCUT2D eigenvalue weighted by Gasteiger charge is -2.28. The molecule has 0 bridgehead atoms. The SMILES string of the molecule is Cc1cc(C(=O)Nc2ccc(N3CCC(N4CCCC4C)C3)cc2C)n[nH]1.O=C(O)C(F)(F)F. The molecule has 0 saturated carbocycles. The van der Waals surface area contributed by atoms with Crippen molar-refractivity contribution in [3.63, 3.8) is 0 Å². The minimum atomic E-state index is -5.08. The summed E-state index contributed by atoms with van der Waals surface area (Å²) in [4.78, 5) is 26.4. The van der Waals surface area contributed by atoms with Crippen LogP contribution in [-0.2, 0) is 4.79 Å². The monoisotopic (exact) mass is 481 g/mol. The molecule has 1 aromatic carbocycles. The van der Waals surface area contributed by atoms with E-state index in [9.17, 15) is 18.0 Å². The predicted molar refractivity (Wildman–Crippen MR) is 122 cm³/mol. The van der Waals surface area contributed by atoms with Crippen molar-refractivity contribution in [1.29, 1.82) is 0 Å². The van der Waals surface area contributed by atoms with Gasteiger partial charge in [0.05, 0.1) is 0 Å². The van der Waals surface area contributed by atoms with Crippen LogP contribution in [0.2, 0.25) is 0 Å². The quantitative estimate of drug-likeness (QED) is 0.611. The molecule has 2 aliphatic heterocycles. The van der Waals surface area contributed by atoms with E-state index in [1.165, 1.54) is 31.5 Å². The Balaban J connectivity index is 0.000000406. The number of anilines is 2. The number of amides is 1. The van der Waals surface area contributed by atoms with Crippen molar-refractivity contribution in [3.05, 3.63) is 41.2 Å². The summed E-state index contributed by atoms with van der Waals surface area (Å²) in [6, 6.07) is 9.46. The van der Waals surface area contributed by atoms with Gasteiger partial charge in [0, 0.05) is 42.2 Å². The molecule has 186 valence electrons. The lowest BCUT2D eigenvalue weighted by Crippen LogP contribution is -2.39. The summed E-state index contributed by atoms with van der Waals surface area (Å²) in [6.07, 6.45) is -1.18. The van der Waals surface area contributed by atoms with E-state index in [2.05, 4.69) is 44.4 Å². The van der Waals surface area contributed by atoms with Crippen LogP contribution in [0.15, 0.2) is 24.3 Å². The summed E-state index contributed by atoms with van der Waals surface area (Å²) in [5.74, 6) is -2.94. The number of aryl methyl sites for hydroxylation is 2. The first-order valence-corrected chi connectivity index (χ1v) is 11.2. The number of halogens is 3. The van der Waals surface area contributed by atoms with E-state index in [-0.39, 0.29) is 5.91 Å². The maximum absolute atomic E-state index is 12.3. The number of aromatic nitrogens is 2. The van der Waals surface area contributed by atoms with Gasteiger partial charge >= 0.3 is 12.1 Å². The van der Waals surface area contributed by atoms with Gasteiger partial charge in [-0.3, -0.25) is 14.8 Å². The fourth-order valence-electron chi connectivity index (χ4n) is 4.45. The highest BCUT2D eigenvalue weighted by Crippen LogP contribution is 2.30. The first-order valence-electron chi connectivity index (χ1n) is 11.2. The van der Waals surface area contributed by atoms with Gasteiger partial charge in [-0.2, -0.15) is 18.3 Å². The van der Waals surface area contributed by atoms with Crippen LogP contribution in [0.5, 0.6) is 0 Å². The van der Waals surface area contributed by atoms with Gasteiger partial charge < -0.3 is 15.3 Å². The average molecular weight is 482 g/mol. The number of benzene rings is 1. The van der Waals surface area contributed by atoms with Crippen LogP contribution < -0.4 is 10.2 Å². The fourth-order valence-corrected chi connectivity index (χ4v) is 4.45. The second kappa shape index (κ2) is 10.5. The Morgan fingerprint density at radius 2 is 1.88 bits per heavy atom. The van der Waals surface area contributed by atoms with Crippen LogP contribution in [0.4, 0.5) is 24.5 Å². The molecule has 1 aromatic heterocycles. The van der Waals surface area contributed by atoms with Crippen LogP contribution in [0.25, 0.3) is 0 Å². The zero-order chi connectivity index (χ0) is 25.0. The van der Waals surface area contributed by atoms with E-state index >= 15 is 0 Å². The van der Waals surface area contributed by atoms with Gasteiger partial charge in [0.25, 0.3) is 5.91 Å². The van der Waals surface area contributed by atoms with Crippen LogP contribution in [0.3, 0.4) is 0 Å². The Morgan fingerprint density at radius 3 is 2.41 bits per heavy atom. The van der Waals surface area contributed by atoms with Crippen molar-refractivity contribution in [2.24, 2.45) is 0 Å². The van der Waals surface area contributed by atoms with E-state index in [0.717, 1.165) is 36.1 Å². The summed E-state index contributed by atoms with van der Waals surface area (Å²) < 4.78 is 31.7. The Kier molecular flexibility index (Phi) is 7.86. The Bertz CT molecular complexity index is 1020. The molecule has 11 heteroatoms. The van der Waals surface area contributed by atoms with Gasteiger partial charge in [-0.1, -0.05) is 0 Å². The van der Waals surface area contributed by atoms with Gasteiger partial charge in [0.15, 0.2) is 5.69 Å². The normalized spacial score (nSPS) is 20.7. The van der Waals surface area contributed by atoms with Crippen molar-refractivity contribution in [3.8, 4) is 0 Å². The fraction of sp³-hybridized carbons (Fsp3) is 0.522. The molecule has 3 heterocycles. The number of aromatic amines is 1. The van der Waals surface area contributed by atoms with Crippen molar-refractivity contribution in [2.75, 3.05) is 29.9 Å². The van der Waals surface area contributed by atoms with Crippen molar-refractivity contribution in [2.45, 2.75) is 58.3 Å². The smallest absolute Gasteiger partial charge is 0.475 e. The number of carboxylic acids is 1. The molecule has 8 nitrogen and oxygen atoms in total. The number of likely N-dealkylation sites (tertiary alicyclic amines) is 1. The molecular formula is C23H30F3N5O3. The number of hydrogen-bond donors (Lipinski definition) is 3. The molecule has 3 N–H and O–H groups in total. The van der Waals surface area contributed by atoms with Gasteiger partial charge in [-0.05, 0) is 76.4 Å². The number of carbonyl (C=O) groups is 2. The molecule has 2 aromatic rings. The van der Waals surface area contributed by atoms with Gasteiger partial charge in [-0.25, -0.2) is 4.79 Å². The Hall–Kier alpha value is -3.08. The lowest BCUT2D eigenvalue weighted by atomic mass is 10.1. The second-order valence-electron chi connectivity index (χ2n) is 8.81. The molecule has 0 radical (unpaired) electrons. The molecule has 0 aliphatic carbocycles. The van der Waals surface area contributed by atoms with Crippen molar-refractivity contribution < 1.29 is 27.9 Å². The first kappa shape index (κ1) is 25.5. The number of nitrogens with one attached hydrogen (secondary N) is 2. The molecule has 2 unspecified atom stereocenters. The van der Waals surface area contributed by atoms with E-state index in [4.69, 9.17) is 9.90 Å². The van der Waals surface area contributed by atoms with Crippen molar-refractivity contribution in [1.82, 2.24) is 15.1 Å². The molecule has 2 saturated heterocycles. The molecular weight excluding hydrogens is 451 g/mol. The predicted octanol–water partition coefficient (Wildman–Crippen LogP) is 3.98. The number of alkyl halides is 3. The maximum Gasteiger partial charge on any atom is 0.490 e. The highest BCUT2D eigenvalue weighted by molar-refractivity contribution is 6.03. The Morgan fingerprint density at radius 1 is 1.18 bits per heavy atom. The summed E-state index contributed by atoms with van der Waals surface area (Å²) in [5, 5.41) is 16.9. The molecule has 4 rings (SSSR count). The van der Waals surface area contributed by atoms with E-state index in [1.807, 2.05) is 19.9 Å². The van der Waals surface area contributed by atoms with E-state index in [0.29, 0.717) is 11.7 Å². The molecule has 34 heavy (non-hydrogen) atoms. The summed E-state index contributed by atoms with van der Waals surface area (Å²) in [5.41, 5.74) is 4.45. The first-order chi connectivity index (χ1) is 16.0. The number of rotatable bonds is 4. The van der Waals surface area contributed by atoms with Crippen LogP contribution >= 0.6 is 0 Å². The molecule has 2 fully saturated rings. The largest absolute Gasteiger partial charge is 0.490 e. The third kappa shape index (κ3) is 6.28. The molecule has 2 aliphatic rings. The summed E-state index contributed by atoms with van der Waals surface area (Å²) in [6.45, 7) is 9.74. The molecule has 0 spiro atoms. The minimum Gasteiger partial charge on any atom is -0.475 e. The van der Waals surface area contributed by atoms with Crippen molar-refractivity contribution >= 4 is 23.3 Å². The number of nitrogens with zero attached hydrogens (tertiary/aromatic N) is 3. The zero-order valence-corrected chi connectivity index (χ0v) is 19.4. The van der Waals surface area contributed by atoms with Gasteiger partial charge in [-0.15, -0.1) is 0 Å². The minimum absolute atomic E-state index is 0.181.